The number of alkyl halides is 3. The fraction of sp³-hybridized carbons (Fsp3) is 0.286. The van der Waals surface area contributed by atoms with Crippen molar-refractivity contribution < 1.29 is 13.2 Å². The first-order chi connectivity index (χ1) is 9.94. The SMILES string of the molecule is CCc1nc(CNc2ccc(C#N)c(C(F)(F)F)c2)cs1. The lowest BCUT2D eigenvalue weighted by molar-refractivity contribution is -0.137. The highest BCUT2D eigenvalue weighted by molar-refractivity contribution is 7.09. The topological polar surface area (TPSA) is 48.7 Å². The molecule has 21 heavy (non-hydrogen) atoms. The highest BCUT2D eigenvalue weighted by Crippen LogP contribution is 2.33. The highest BCUT2D eigenvalue weighted by atomic mass is 32.1. The normalized spacial score (nSPS) is 11.2. The lowest BCUT2D eigenvalue weighted by atomic mass is 10.1. The lowest BCUT2D eigenvalue weighted by Gasteiger charge is -2.11. The molecule has 1 heterocycles. The third-order valence-corrected chi connectivity index (χ3v) is 3.86. The van der Waals surface area contributed by atoms with Gasteiger partial charge >= 0.3 is 6.18 Å². The van der Waals surface area contributed by atoms with E-state index in [4.69, 9.17) is 5.26 Å². The Morgan fingerprint density at radius 1 is 1.38 bits per heavy atom. The minimum Gasteiger partial charge on any atom is -0.379 e. The van der Waals surface area contributed by atoms with Crippen molar-refractivity contribution in [1.29, 1.82) is 5.26 Å². The van der Waals surface area contributed by atoms with Crippen LogP contribution in [0.3, 0.4) is 0 Å². The van der Waals surface area contributed by atoms with E-state index >= 15 is 0 Å². The zero-order valence-corrected chi connectivity index (χ0v) is 12.0. The van der Waals surface area contributed by atoms with Crippen LogP contribution in [0.4, 0.5) is 18.9 Å². The molecule has 1 aromatic carbocycles. The standard InChI is InChI=1S/C14H12F3N3S/c1-2-13-20-11(8-21-13)7-19-10-4-3-9(6-18)12(5-10)14(15,16)17/h3-5,8,19H,2,7H2,1H3. The Bertz CT molecular complexity index is 671. The third-order valence-electron chi connectivity index (χ3n) is 2.82. The number of nitrogens with one attached hydrogen (secondary N) is 1. The van der Waals surface area contributed by atoms with E-state index in [1.54, 1.807) is 6.07 Å². The van der Waals surface area contributed by atoms with E-state index in [2.05, 4.69) is 10.3 Å². The molecule has 0 radical (unpaired) electrons. The van der Waals surface area contributed by atoms with Gasteiger partial charge in [0.2, 0.25) is 0 Å². The maximum atomic E-state index is 12.8. The van der Waals surface area contributed by atoms with E-state index in [9.17, 15) is 13.2 Å². The first-order valence-electron chi connectivity index (χ1n) is 6.22. The minimum atomic E-state index is -4.54. The Hall–Kier alpha value is -2.07. The van der Waals surface area contributed by atoms with Crippen LogP contribution in [-0.4, -0.2) is 4.98 Å². The van der Waals surface area contributed by atoms with Crippen molar-refractivity contribution in [3.05, 3.63) is 45.4 Å². The van der Waals surface area contributed by atoms with Gasteiger partial charge in [-0.25, -0.2) is 4.98 Å². The molecule has 1 aromatic heterocycles. The number of halogens is 3. The van der Waals surface area contributed by atoms with Crippen LogP contribution in [0.1, 0.15) is 28.8 Å². The molecule has 2 rings (SSSR count). The third kappa shape index (κ3) is 3.73. The molecule has 0 saturated heterocycles. The van der Waals surface area contributed by atoms with Gasteiger partial charge in [-0.15, -0.1) is 11.3 Å². The molecule has 110 valence electrons. The predicted octanol–water partition coefficient (Wildman–Crippen LogP) is 4.21. The van der Waals surface area contributed by atoms with Gasteiger partial charge in [0.25, 0.3) is 0 Å². The predicted molar refractivity (Wildman–Crippen MR) is 75.0 cm³/mol. The number of aromatic nitrogens is 1. The van der Waals surface area contributed by atoms with Crippen LogP contribution in [-0.2, 0) is 19.1 Å². The molecule has 0 spiro atoms. The Morgan fingerprint density at radius 3 is 2.71 bits per heavy atom. The van der Waals surface area contributed by atoms with Crippen LogP contribution in [0.25, 0.3) is 0 Å². The van der Waals surface area contributed by atoms with E-state index < -0.39 is 11.7 Å². The van der Waals surface area contributed by atoms with Gasteiger partial charge in [-0.3, -0.25) is 0 Å². The summed E-state index contributed by atoms with van der Waals surface area (Å²) in [5.41, 5.74) is -0.209. The van der Waals surface area contributed by atoms with Crippen molar-refractivity contribution in [2.24, 2.45) is 0 Å². The summed E-state index contributed by atoms with van der Waals surface area (Å²) < 4.78 is 38.5. The van der Waals surface area contributed by atoms with Crippen LogP contribution in [0.15, 0.2) is 23.6 Å². The molecule has 0 aliphatic heterocycles. The number of benzene rings is 1. The molecular formula is C14H12F3N3S. The van der Waals surface area contributed by atoms with Gasteiger partial charge in [0, 0.05) is 11.1 Å². The minimum absolute atomic E-state index is 0.312. The molecule has 1 N–H and O–H groups in total. The zero-order chi connectivity index (χ0) is 15.5. The molecule has 0 bridgehead atoms. The van der Waals surface area contributed by atoms with Gasteiger partial charge in [0.15, 0.2) is 0 Å². The van der Waals surface area contributed by atoms with E-state index in [0.29, 0.717) is 12.2 Å². The number of nitrogens with zero attached hydrogens (tertiary/aromatic N) is 2. The first-order valence-corrected chi connectivity index (χ1v) is 7.10. The van der Waals surface area contributed by atoms with Crippen molar-refractivity contribution in [1.82, 2.24) is 4.98 Å². The Balaban J connectivity index is 2.16. The molecule has 0 saturated carbocycles. The summed E-state index contributed by atoms with van der Waals surface area (Å²) in [5, 5.41) is 14.5. The number of thiazole rings is 1. The molecule has 0 atom stereocenters. The van der Waals surface area contributed by atoms with Crippen LogP contribution in [0.2, 0.25) is 0 Å². The summed E-state index contributed by atoms with van der Waals surface area (Å²) in [6.45, 7) is 2.34. The quantitative estimate of drug-likeness (QED) is 0.920. The lowest BCUT2D eigenvalue weighted by Crippen LogP contribution is -2.09. The van der Waals surface area contributed by atoms with Crippen LogP contribution >= 0.6 is 11.3 Å². The Morgan fingerprint density at radius 2 is 2.14 bits per heavy atom. The van der Waals surface area contributed by atoms with Crippen molar-refractivity contribution in [2.75, 3.05) is 5.32 Å². The average Bonchev–Trinajstić information content (AvgIpc) is 2.92. The maximum absolute atomic E-state index is 12.8. The van der Waals surface area contributed by atoms with Crippen molar-refractivity contribution in [3.63, 3.8) is 0 Å². The Kier molecular flexibility index (Phi) is 4.48. The molecule has 0 aliphatic rings. The van der Waals surface area contributed by atoms with Gasteiger partial charge < -0.3 is 5.32 Å². The van der Waals surface area contributed by atoms with E-state index in [1.165, 1.54) is 23.5 Å². The molecule has 0 amide bonds. The summed E-state index contributed by atoms with van der Waals surface area (Å²) in [6, 6.07) is 5.14. The van der Waals surface area contributed by atoms with E-state index in [-0.39, 0.29) is 5.56 Å². The van der Waals surface area contributed by atoms with Crippen molar-refractivity contribution in [2.45, 2.75) is 26.1 Å². The molecular weight excluding hydrogens is 299 g/mol. The average molecular weight is 311 g/mol. The number of anilines is 1. The molecule has 7 heteroatoms. The summed E-state index contributed by atoms with van der Waals surface area (Å²) in [5.74, 6) is 0. The molecule has 0 fully saturated rings. The fourth-order valence-corrected chi connectivity index (χ4v) is 2.52. The fourth-order valence-electron chi connectivity index (χ4n) is 1.77. The molecule has 0 unspecified atom stereocenters. The summed E-state index contributed by atoms with van der Waals surface area (Å²) in [6.07, 6.45) is -3.71. The molecule has 0 aliphatic carbocycles. The van der Waals surface area contributed by atoms with Crippen LogP contribution in [0.5, 0.6) is 0 Å². The number of rotatable bonds is 4. The van der Waals surface area contributed by atoms with Gasteiger partial charge in [0.1, 0.15) is 0 Å². The number of nitriles is 1. The van der Waals surface area contributed by atoms with Crippen molar-refractivity contribution >= 4 is 17.0 Å². The number of hydrogen-bond donors (Lipinski definition) is 1. The van der Waals surface area contributed by atoms with Crippen LogP contribution in [0, 0.1) is 11.3 Å². The molecule has 3 nitrogen and oxygen atoms in total. The zero-order valence-electron chi connectivity index (χ0n) is 11.2. The highest BCUT2D eigenvalue weighted by Gasteiger charge is 2.33. The summed E-state index contributed by atoms with van der Waals surface area (Å²) in [7, 11) is 0. The second kappa shape index (κ2) is 6.14. The number of aryl methyl sites for hydroxylation is 1. The second-order valence-corrected chi connectivity index (χ2v) is 5.25. The summed E-state index contributed by atoms with van der Waals surface area (Å²) in [4.78, 5) is 4.33. The van der Waals surface area contributed by atoms with Crippen LogP contribution < -0.4 is 5.32 Å². The van der Waals surface area contributed by atoms with E-state index in [1.807, 2.05) is 12.3 Å². The number of hydrogen-bond acceptors (Lipinski definition) is 4. The smallest absolute Gasteiger partial charge is 0.379 e. The Labute approximate surface area is 124 Å². The van der Waals surface area contributed by atoms with E-state index in [0.717, 1.165) is 23.2 Å². The molecule has 2 aromatic rings. The van der Waals surface area contributed by atoms with Crippen molar-refractivity contribution in [3.8, 4) is 6.07 Å². The van der Waals surface area contributed by atoms with Gasteiger partial charge in [0.05, 0.1) is 34.4 Å². The monoisotopic (exact) mass is 311 g/mol. The van der Waals surface area contributed by atoms with Gasteiger partial charge in [-0.2, -0.15) is 18.4 Å². The largest absolute Gasteiger partial charge is 0.417 e. The van der Waals surface area contributed by atoms with Gasteiger partial charge in [-0.05, 0) is 24.6 Å². The van der Waals surface area contributed by atoms with Gasteiger partial charge in [-0.1, -0.05) is 6.92 Å². The first kappa shape index (κ1) is 15.3. The maximum Gasteiger partial charge on any atom is 0.417 e. The second-order valence-electron chi connectivity index (χ2n) is 4.31. The summed E-state index contributed by atoms with van der Waals surface area (Å²) >= 11 is 1.52.